The Hall–Kier alpha value is -2.46. The second-order valence-corrected chi connectivity index (χ2v) is 5.85. The van der Waals surface area contributed by atoms with Crippen LogP contribution >= 0.6 is 0 Å². The first-order valence-corrected chi connectivity index (χ1v) is 7.75. The van der Waals surface area contributed by atoms with Gasteiger partial charge in [-0.25, -0.2) is 0 Å². The Labute approximate surface area is 137 Å². The van der Waals surface area contributed by atoms with Gasteiger partial charge in [-0.1, -0.05) is 30.3 Å². The molecule has 2 aromatic carbocycles. The van der Waals surface area contributed by atoms with Crippen LogP contribution in [-0.2, 0) is 11.3 Å². The van der Waals surface area contributed by atoms with E-state index in [1.807, 2.05) is 32.2 Å². The lowest BCUT2D eigenvalue weighted by molar-refractivity contribution is -0.907. The summed E-state index contributed by atoms with van der Waals surface area (Å²) < 4.78 is 0. The highest BCUT2D eigenvalue weighted by molar-refractivity contribution is 5.96. The number of hydrogen-bond donors (Lipinski definition) is 2. The average Bonchev–Trinajstić information content (AvgIpc) is 2.55. The number of amides is 1. The van der Waals surface area contributed by atoms with Crippen molar-refractivity contribution in [3.8, 4) is 0 Å². The number of quaternary nitrogens is 1. The Morgan fingerprint density at radius 1 is 1.04 bits per heavy atom. The molecule has 2 rings (SSSR count). The summed E-state index contributed by atoms with van der Waals surface area (Å²) in [6, 6.07) is 16.9. The van der Waals surface area contributed by atoms with Crippen LogP contribution in [0.1, 0.15) is 29.8 Å². The number of carbonyl (C=O) groups excluding carboxylic acids is 2. The summed E-state index contributed by atoms with van der Waals surface area (Å²) in [6.45, 7) is 4.23. The molecular weight excluding hydrogens is 288 g/mol. The number of carbonyl (C=O) groups is 2. The molecule has 2 atom stereocenters. The molecule has 4 heteroatoms. The van der Waals surface area contributed by atoms with Crippen molar-refractivity contribution in [2.75, 3.05) is 12.4 Å². The summed E-state index contributed by atoms with van der Waals surface area (Å²) in [4.78, 5) is 24.7. The van der Waals surface area contributed by atoms with E-state index in [1.165, 1.54) is 12.5 Å². The number of nitrogens with one attached hydrogen (secondary N) is 2. The van der Waals surface area contributed by atoms with Crippen LogP contribution in [0.3, 0.4) is 0 Å². The first-order chi connectivity index (χ1) is 11.0. The number of hydrogen-bond acceptors (Lipinski definition) is 2. The molecule has 0 aliphatic carbocycles. The van der Waals surface area contributed by atoms with Crippen molar-refractivity contribution in [3.63, 3.8) is 0 Å². The first kappa shape index (κ1) is 16.9. The molecule has 2 aromatic rings. The van der Waals surface area contributed by atoms with Crippen LogP contribution in [0.4, 0.5) is 5.69 Å². The molecule has 0 fully saturated rings. The zero-order chi connectivity index (χ0) is 16.8. The minimum absolute atomic E-state index is 0.0169. The lowest BCUT2D eigenvalue weighted by Crippen LogP contribution is -3.12. The number of rotatable bonds is 6. The molecule has 0 saturated carbocycles. The van der Waals surface area contributed by atoms with Crippen molar-refractivity contribution >= 4 is 17.4 Å². The van der Waals surface area contributed by atoms with Crippen LogP contribution in [-0.4, -0.2) is 24.8 Å². The maximum atomic E-state index is 12.4. The molecule has 0 spiro atoms. The summed E-state index contributed by atoms with van der Waals surface area (Å²) >= 11 is 0. The number of Topliss-reactive ketones (excluding diaryl/α,β-unsaturated/α-hetero) is 1. The molecule has 0 aromatic heterocycles. The highest BCUT2D eigenvalue weighted by atomic mass is 16.2. The molecule has 0 aliphatic rings. The van der Waals surface area contributed by atoms with Gasteiger partial charge in [0.2, 0.25) is 0 Å². The number of ketones is 1. The first-order valence-electron chi connectivity index (χ1n) is 7.75. The molecule has 4 nitrogen and oxygen atoms in total. The topological polar surface area (TPSA) is 50.6 Å². The smallest absolute Gasteiger partial charge is 0.282 e. The predicted molar refractivity (Wildman–Crippen MR) is 91.6 cm³/mol. The Morgan fingerprint density at radius 3 is 2.22 bits per heavy atom. The average molecular weight is 311 g/mol. The third-order valence-corrected chi connectivity index (χ3v) is 4.02. The Bertz CT molecular complexity index is 666. The second-order valence-electron chi connectivity index (χ2n) is 5.85. The van der Waals surface area contributed by atoms with Gasteiger partial charge in [-0.15, -0.1) is 0 Å². The van der Waals surface area contributed by atoms with E-state index in [9.17, 15) is 9.59 Å². The fourth-order valence-electron chi connectivity index (χ4n) is 2.33. The predicted octanol–water partition coefficient (Wildman–Crippen LogP) is 1.93. The fourth-order valence-corrected chi connectivity index (χ4v) is 2.33. The van der Waals surface area contributed by atoms with Gasteiger partial charge < -0.3 is 10.2 Å². The van der Waals surface area contributed by atoms with Crippen LogP contribution in [0, 0.1) is 0 Å². The Balaban J connectivity index is 1.95. The van der Waals surface area contributed by atoms with Gasteiger partial charge in [0.15, 0.2) is 11.8 Å². The highest BCUT2D eigenvalue weighted by Crippen LogP contribution is 2.10. The quantitative estimate of drug-likeness (QED) is 0.801. The molecular formula is C19H23N2O2+. The lowest BCUT2D eigenvalue weighted by atomic mass is 10.1. The monoisotopic (exact) mass is 311 g/mol. The van der Waals surface area contributed by atoms with E-state index >= 15 is 0 Å². The van der Waals surface area contributed by atoms with Crippen LogP contribution in [0.15, 0.2) is 54.6 Å². The minimum atomic E-state index is -0.178. The fraction of sp³-hybridized carbons (Fsp3) is 0.263. The second kappa shape index (κ2) is 7.70. The summed E-state index contributed by atoms with van der Waals surface area (Å²) in [7, 11) is 2.01. The van der Waals surface area contributed by atoms with Gasteiger partial charge >= 0.3 is 0 Å². The lowest BCUT2D eigenvalue weighted by Gasteiger charge is -2.21. The van der Waals surface area contributed by atoms with Crippen LogP contribution in [0.5, 0.6) is 0 Å². The summed E-state index contributed by atoms with van der Waals surface area (Å²) in [6.07, 6.45) is 0. The van der Waals surface area contributed by atoms with E-state index in [0.717, 1.165) is 11.4 Å². The van der Waals surface area contributed by atoms with Gasteiger partial charge in [-0.05, 0) is 38.1 Å². The van der Waals surface area contributed by atoms with Crippen molar-refractivity contribution in [1.82, 2.24) is 0 Å². The zero-order valence-corrected chi connectivity index (χ0v) is 13.8. The molecule has 0 saturated heterocycles. The summed E-state index contributed by atoms with van der Waals surface area (Å²) in [5.74, 6) is -0.0164. The van der Waals surface area contributed by atoms with Crippen molar-refractivity contribution in [2.24, 2.45) is 0 Å². The minimum Gasteiger partial charge on any atom is -0.324 e. The SMILES string of the molecule is CC(=O)c1ccc(NC(=O)[C@@H](C)[NH+](C)Cc2ccccc2)cc1. The number of anilines is 1. The Kier molecular flexibility index (Phi) is 5.66. The molecule has 2 N–H and O–H groups in total. The van der Waals surface area contributed by atoms with Gasteiger partial charge in [0, 0.05) is 16.8 Å². The van der Waals surface area contributed by atoms with E-state index in [1.54, 1.807) is 24.3 Å². The van der Waals surface area contributed by atoms with E-state index in [2.05, 4.69) is 17.4 Å². The van der Waals surface area contributed by atoms with E-state index in [0.29, 0.717) is 11.3 Å². The molecule has 1 unspecified atom stereocenters. The van der Waals surface area contributed by atoms with E-state index < -0.39 is 0 Å². The third-order valence-electron chi connectivity index (χ3n) is 4.02. The van der Waals surface area contributed by atoms with E-state index in [-0.39, 0.29) is 17.7 Å². The third kappa shape index (κ3) is 4.76. The molecule has 1 amide bonds. The molecule has 120 valence electrons. The molecule has 0 bridgehead atoms. The van der Waals surface area contributed by atoms with Crippen molar-refractivity contribution in [2.45, 2.75) is 26.4 Å². The normalized spacial score (nSPS) is 13.2. The summed E-state index contributed by atoms with van der Waals surface area (Å²) in [5, 5.41) is 2.90. The summed E-state index contributed by atoms with van der Waals surface area (Å²) in [5.41, 5.74) is 2.55. The maximum Gasteiger partial charge on any atom is 0.282 e. The number of benzene rings is 2. The van der Waals surface area contributed by atoms with Gasteiger partial charge in [-0.3, -0.25) is 9.59 Å². The van der Waals surface area contributed by atoms with Gasteiger partial charge in [0.1, 0.15) is 6.54 Å². The van der Waals surface area contributed by atoms with Gasteiger partial charge in [-0.2, -0.15) is 0 Å². The van der Waals surface area contributed by atoms with Crippen molar-refractivity contribution in [1.29, 1.82) is 0 Å². The largest absolute Gasteiger partial charge is 0.324 e. The van der Waals surface area contributed by atoms with Crippen LogP contribution < -0.4 is 10.2 Å². The van der Waals surface area contributed by atoms with Gasteiger partial charge in [0.05, 0.1) is 7.05 Å². The molecule has 0 radical (unpaired) electrons. The maximum absolute atomic E-state index is 12.4. The molecule has 0 heterocycles. The Morgan fingerprint density at radius 2 is 1.65 bits per heavy atom. The highest BCUT2D eigenvalue weighted by Gasteiger charge is 2.22. The van der Waals surface area contributed by atoms with Crippen molar-refractivity contribution in [3.05, 3.63) is 65.7 Å². The standard InChI is InChI=1S/C19H22N2O2/c1-14(21(3)13-16-7-5-4-6-8-16)19(23)20-18-11-9-17(10-12-18)15(2)22/h4-12,14H,13H2,1-3H3,(H,20,23)/p+1/t14-/m1/s1. The van der Waals surface area contributed by atoms with Crippen molar-refractivity contribution < 1.29 is 14.5 Å². The molecule has 0 aliphatic heterocycles. The number of likely N-dealkylation sites (N-methyl/N-ethyl adjacent to an activating group) is 1. The molecule has 23 heavy (non-hydrogen) atoms. The zero-order valence-electron chi connectivity index (χ0n) is 13.8. The van der Waals surface area contributed by atoms with Gasteiger partial charge in [0.25, 0.3) is 5.91 Å². The van der Waals surface area contributed by atoms with Crippen LogP contribution in [0.25, 0.3) is 0 Å². The van der Waals surface area contributed by atoms with E-state index in [4.69, 9.17) is 0 Å². The van der Waals surface area contributed by atoms with Crippen LogP contribution in [0.2, 0.25) is 0 Å².